The summed E-state index contributed by atoms with van der Waals surface area (Å²) >= 11 is 1.62. The van der Waals surface area contributed by atoms with Crippen LogP contribution in [0, 0.1) is 24.5 Å². The van der Waals surface area contributed by atoms with Gasteiger partial charge < -0.3 is 0 Å². The van der Waals surface area contributed by atoms with Gasteiger partial charge in [0, 0.05) is 20.9 Å². The van der Waals surface area contributed by atoms with E-state index in [2.05, 4.69) is 13.0 Å². The highest BCUT2D eigenvalue weighted by molar-refractivity contribution is 7.15. The van der Waals surface area contributed by atoms with Crippen LogP contribution in [0.3, 0.4) is 0 Å². The Balaban J connectivity index is 1.59. The van der Waals surface area contributed by atoms with E-state index in [1.54, 1.807) is 23.5 Å². The molecule has 3 heteroatoms. The molecule has 0 radical (unpaired) electrons. The van der Waals surface area contributed by atoms with Crippen molar-refractivity contribution in [1.82, 2.24) is 0 Å². The van der Waals surface area contributed by atoms with E-state index in [0.29, 0.717) is 22.6 Å². The first-order valence-corrected chi connectivity index (χ1v) is 11.0. The second-order valence-electron chi connectivity index (χ2n) is 8.02. The Morgan fingerprint density at radius 2 is 1.61 bits per heavy atom. The lowest BCUT2D eigenvalue weighted by Gasteiger charge is -2.09. The third-order valence-corrected chi connectivity index (χ3v) is 7.26. The summed E-state index contributed by atoms with van der Waals surface area (Å²) in [6, 6.07) is 15.0. The van der Waals surface area contributed by atoms with Gasteiger partial charge in [-0.05, 0) is 61.8 Å². The molecule has 4 rings (SSSR count). The Bertz CT molecular complexity index is 955. The highest BCUT2D eigenvalue weighted by Gasteiger charge is 2.27. The molecular weight excluding hydrogens is 370 g/mol. The van der Waals surface area contributed by atoms with E-state index < -0.39 is 11.6 Å². The Labute approximate surface area is 170 Å². The normalized spacial score (nSPS) is 19.3. The first-order valence-electron chi connectivity index (χ1n) is 10.2. The Kier molecular flexibility index (Phi) is 5.63. The molecule has 3 aromatic rings. The number of rotatable bonds is 5. The lowest BCUT2D eigenvalue weighted by atomic mass is 9.99. The molecule has 1 fully saturated rings. The number of thiophene rings is 1. The fourth-order valence-corrected chi connectivity index (χ4v) is 5.59. The second-order valence-corrected chi connectivity index (χ2v) is 9.14. The van der Waals surface area contributed by atoms with Crippen molar-refractivity contribution in [1.29, 1.82) is 0 Å². The third kappa shape index (κ3) is 3.77. The Morgan fingerprint density at radius 3 is 2.36 bits per heavy atom. The molecule has 0 aliphatic heterocycles. The van der Waals surface area contributed by atoms with Crippen LogP contribution >= 0.6 is 11.3 Å². The number of hydrogen-bond acceptors (Lipinski definition) is 1. The molecule has 2 aromatic carbocycles. The fraction of sp³-hybridized carbons (Fsp3) is 0.360. The fourth-order valence-electron chi connectivity index (χ4n) is 4.42. The molecule has 0 nitrogen and oxygen atoms in total. The highest BCUT2D eigenvalue weighted by atomic mass is 32.1. The predicted octanol–water partition coefficient (Wildman–Crippen LogP) is 8.35. The van der Waals surface area contributed by atoms with Crippen molar-refractivity contribution < 1.29 is 8.78 Å². The van der Waals surface area contributed by atoms with Gasteiger partial charge in [-0.15, -0.1) is 11.3 Å². The van der Waals surface area contributed by atoms with E-state index in [9.17, 15) is 8.78 Å². The van der Waals surface area contributed by atoms with Crippen LogP contribution in [0.15, 0.2) is 48.5 Å². The summed E-state index contributed by atoms with van der Waals surface area (Å²) in [6.45, 7) is 4.22. The maximum absolute atomic E-state index is 14.9. The molecule has 1 aliphatic carbocycles. The van der Waals surface area contributed by atoms with Gasteiger partial charge in [0.2, 0.25) is 0 Å². The molecular formula is C25H26F2S. The van der Waals surface area contributed by atoms with Crippen molar-refractivity contribution in [2.24, 2.45) is 5.92 Å². The number of benzene rings is 2. The standard InChI is InChI=1S/C25H26F2S/c1-3-4-17-7-10-19(15-17)22-13-14-23(28-22)21-12-11-20(24(26)25(21)27)18-8-5-16(2)6-9-18/h5-6,8-9,11-14,17,19H,3-4,7,10,15H2,1-2H3. The molecule has 1 aliphatic rings. The SMILES string of the molecule is CCCC1CCC(c2ccc(-c3ccc(-c4ccc(C)cc4)c(F)c3F)s2)C1. The van der Waals surface area contributed by atoms with E-state index in [-0.39, 0.29) is 0 Å². The van der Waals surface area contributed by atoms with Crippen LogP contribution in [-0.2, 0) is 0 Å². The highest BCUT2D eigenvalue weighted by Crippen LogP contribution is 2.44. The topological polar surface area (TPSA) is 0 Å². The molecule has 28 heavy (non-hydrogen) atoms. The van der Waals surface area contributed by atoms with Gasteiger partial charge in [-0.1, -0.05) is 55.7 Å². The van der Waals surface area contributed by atoms with Crippen LogP contribution in [-0.4, -0.2) is 0 Å². The molecule has 1 aromatic heterocycles. The van der Waals surface area contributed by atoms with E-state index in [0.717, 1.165) is 16.4 Å². The largest absolute Gasteiger partial charge is 0.203 e. The molecule has 2 atom stereocenters. The summed E-state index contributed by atoms with van der Waals surface area (Å²) in [4.78, 5) is 2.14. The van der Waals surface area contributed by atoms with Crippen LogP contribution in [0.2, 0.25) is 0 Å². The molecule has 0 N–H and O–H groups in total. The van der Waals surface area contributed by atoms with Gasteiger partial charge in [-0.3, -0.25) is 0 Å². The van der Waals surface area contributed by atoms with Crippen LogP contribution < -0.4 is 0 Å². The minimum Gasteiger partial charge on any atom is -0.203 e. The van der Waals surface area contributed by atoms with Gasteiger partial charge in [0.05, 0.1) is 0 Å². The van der Waals surface area contributed by atoms with Crippen molar-refractivity contribution in [2.75, 3.05) is 0 Å². The van der Waals surface area contributed by atoms with Crippen LogP contribution in [0.25, 0.3) is 21.6 Å². The van der Waals surface area contributed by atoms with Gasteiger partial charge in [0.15, 0.2) is 11.6 Å². The van der Waals surface area contributed by atoms with Gasteiger partial charge >= 0.3 is 0 Å². The molecule has 146 valence electrons. The summed E-state index contributed by atoms with van der Waals surface area (Å²) in [5.74, 6) is -0.111. The lowest BCUT2D eigenvalue weighted by molar-refractivity contribution is 0.490. The maximum atomic E-state index is 14.9. The van der Waals surface area contributed by atoms with Crippen LogP contribution in [0.4, 0.5) is 8.78 Å². The molecule has 1 saturated carbocycles. The zero-order chi connectivity index (χ0) is 19.7. The van der Waals surface area contributed by atoms with Gasteiger partial charge in [0.1, 0.15) is 0 Å². The Morgan fingerprint density at radius 1 is 0.893 bits per heavy atom. The first kappa shape index (κ1) is 19.3. The van der Waals surface area contributed by atoms with Crippen molar-refractivity contribution in [3.63, 3.8) is 0 Å². The molecule has 0 amide bonds. The predicted molar refractivity (Wildman–Crippen MR) is 115 cm³/mol. The van der Waals surface area contributed by atoms with E-state index >= 15 is 0 Å². The number of halogens is 2. The number of hydrogen-bond donors (Lipinski definition) is 0. The quantitative estimate of drug-likeness (QED) is 0.406. The summed E-state index contributed by atoms with van der Waals surface area (Å²) in [5, 5.41) is 0. The van der Waals surface area contributed by atoms with Crippen molar-refractivity contribution in [3.05, 3.63) is 70.6 Å². The van der Waals surface area contributed by atoms with Crippen molar-refractivity contribution >= 4 is 11.3 Å². The summed E-state index contributed by atoms with van der Waals surface area (Å²) in [6.07, 6.45) is 6.28. The molecule has 0 saturated heterocycles. The average molecular weight is 397 g/mol. The molecule has 0 bridgehead atoms. The summed E-state index contributed by atoms with van der Waals surface area (Å²) < 4.78 is 29.7. The molecule has 2 unspecified atom stereocenters. The summed E-state index contributed by atoms with van der Waals surface area (Å²) in [5.41, 5.74) is 2.48. The Hall–Kier alpha value is -2.00. The zero-order valence-electron chi connectivity index (χ0n) is 16.5. The maximum Gasteiger partial charge on any atom is 0.168 e. The van der Waals surface area contributed by atoms with E-state index in [1.807, 2.05) is 37.3 Å². The van der Waals surface area contributed by atoms with E-state index in [1.165, 1.54) is 37.0 Å². The third-order valence-electron chi connectivity index (χ3n) is 5.98. The van der Waals surface area contributed by atoms with Gasteiger partial charge in [-0.2, -0.15) is 0 Å². The van der Waals surface area contributed by atoms with E-state index in [4.69, 9.17) is 0 Å². The van der Waals surface area contributed by atoms with Crippen molar-refractivity contribution in [2.45, 2.75) is 51.9 Å². The van der Waals surface area contributed by atoms with Gasteiger partial charge in [-0.25, -0.2) is 8.78 Å². The molecule has 1 heterocycles. The minimum atomic E-state index is -0.764. The van der Waals surface area contributed by atoms with Crippen LogP contribution in [0.1, 0.15) is 55.4 Å². The second kappa shape index (κ2) is 8.16. The smallest absolute Gasteiger partial charge is 0.168 e. The zero-order valence-corrected chi connectivity index (χ0v) is 17.3. The minimum absolute atomic E-state index is 0.316. The lowest BCUT2D eigenvalue weighted by Crippen LogP contribution is -1.94. The average Bonchev–Trinajstić information content (AvgIpc) is 3.35. The van der Waals surface area contributed by atoms with Crippen molar-refractivity contribution in [3.8, 4) is 21.6 Å². The number of aryl methyl sites for hydroxylation is 1. The van der Waals surface area contributed by atoms with Crippen LogP contribution in [0.5, 0.6) is 0 Å². The first-order chi connectivity index (χ1) is 13.6. The van der Waals surface area contributed by atoms with Gasteiger partial charge in [0.25, 0.3) is 0 Å². The monoisotopic (exact) mass is 396 g/mol. The summed E-state index contributed by atoms with van der Waals surface area (Å²) in [7, 11) is 0. The molecule has 0 spiro atoms.